The second-order valence-electron chi connectivity index (χ2n) is 13.0. The van der Waals surface area contributed by atoms with Gasteiger partial charge in [0.1, 0.15) is 0 Å². The fourth-order valence-electron chi connectivity index (χ4n) is 6.73. The molecule has 3 amide bonds. The summed E-state index contributed by atoms with van der Waals surface area (Å²) in [5, 5.41) is 10.4. The Labute approximate surface area is 239 Å². The Morgan fingerprint density at radius 2 is 1.69 bits per heavy atom. The third-order valence-electron chi connectivity index (χ3n) is 8.88. The van der Waals surface area contributed by atoms with Crippen LogP contribution in [0.25, 0.3) is 0 Å². The standard InChI is InChI=1S/C31H47ClN4O3/c1-30(2,3)35-29(39)31(23-8-5-4-6-9-23)15-18-36(19-16-31)27(37)21-25(20-22-11-13-24(32)14-12-22)34-28(38)26-10-7-17-33-26/h11-14,23,25-26,33H,4-10,15-21H2,1-3H3,(H,34,38)(H,35,39)/t25-,26+/m1/s1. The molecule has 0 spiro atoms. The number of halogens is 1. The summed E-state index contributed by atoms with van der Waals surface area (Å²) in [7, 11) is 0. The number of hydrogen-bond donors (Lipinski definition) is 3. The van der Waals surface area contributed by atoms with Gasteiger partial charge in [0.05, 0.1) is 11.5 Å². The molecule has 0 radical (unpaired) electrons. The van der Waals surface area contributed by atoms with Crippen LogP contribution in [-0.2, 0) is 20.8 Å². The van der Waals surface area contributed by atoms with Crippen LogP contribution >= 0.6 is 11.6 Å². The number of benzene rings is 1. The molecule has 3 aliphatic rings. The van der Waals surface area contributed by atoms with E-state index in [0.29, 0.717) is 43.3 Å². The number of nitrogens with zero attached hydrogens (tertiary/aromatic N) is 1. The van der Waals surface area contributed by atoms with Crippen LogP contribution in [-0.4, -0.2) is 59.9 Å². The molecule has 1 aromatic rings. The van der Waals surface area contributed by atoms with Gasteiger partial charge in [-0.1, -0.05) is 43.0 Å². The van der Waals surface area contributed by atoms with E-state index < -0.39 is 5.41 Å². The second-order valence-corrected chi connectivity index (χ2v) is 13.4. The van der Waals surface area contributed by atoms with Gasteiger partial charge in [-0.3, -0.25) is 14.4 Å². The molecule has 2 heterocycles. The van der Waals surface area contributed by atoms with Crippen LogP contribution in [0.5, 0.6) is 0 Å². The highest BCUT2D eigenvalue weighted by molar-refractivity contribution is 6.30. The maximum atomic E-state index is 13.7. The molecule has 1 saturated carbocycles. The summed E-state index contributed by atoms with van der Waals surface area (Å²) in [4.78, 5) is 42.1. The Kier molecular flexibility index (Phi) is 9.97. The van der Waals surface area contributed by atoms with Crippen LogP contribution in [0.1, 0.15) is 90.5 Å². The van der Waals surface area contributed by atoms with E-state index in [1.54, 1.807) is 0 Å². The van der Waals surface area contributed by atoms with E-state index >= 15 is 0 Å². The topological polar surface area (TPSA) is 90.5 Å². The molecule has 216 valence electrons. The molecule has 1 aliphatic carbocycles. The molecule has 8 heteroatoms. The Morgan fingerprint density at radius 3 is 2.28 bits per heavy atom. The smallest absolute Gasteiger partial charge is 0.237 e. The molecule has 0 aromatic heterocycles. The van der Waals surface area contributed by atoms with Crippen LogP contribution in [0.3, 0.4) is 0 Å². The van der Waals surface area contributed by atoms with Crippen LogP contribution in [0.2, 0.25) is 5.02 Å². The molecule has 4 rings (SSSR count). The van der Waals surface area contributed by atoms with Crippen molar-refractivity contribution in [3.05, 3.63) is 34.9 Å². The number of nitrogens with one attached hydrogen (secondary N) is 3. The lowest BCUT2D eigenvalue weighted by Crippen LogP contribution is -2.57. The van der Waals surface area contributed by atoms with E-state index in [4.69, 9.17) is 11.6 Å². The van der Waals surface area contributed by atoms with Crippen LogP contribution in [0, 0.1) is 11.3 Å². The quantitative estimate of drug-likeness (QED) is 0.434. The van der Waals surface area contributed by atoms with E-state index in [-0.39, 0.29) is 41.8 Å². The summed E-state index contributed by atoms with van der Waals surface area (Å²) < 4.78 is 0. The van der Waals surface area contributed by atoms with Gasteiger partial charge in [-0.25, -0.2) is 0 Å². The first kappa shape index (κ1) is 29.9. The minimum Gasteiger partial charge on any atom is -0.351 e. The van der Waals surface area contributed by atoms with Crippen LogP contribution in [0.4, 0.5) is 0 Å². The lowest BCUT2D eigenvalue weighted by Gasteiger charge is -2.47. The third-order valence-corrected chi connectivity index (χ3v) is 9.13. The maximum Gasteiger partial charge on any atom is 0.237 e. The van der Waals surface area contributed by atoms with Crippen molar-refractivity contribution in [3.63, 3.8) is 0 Å². The molecule has 3 N–H and O–H groups in total. The van der Waals surface area contributed by atoms with Gasteiger partial charge in [-0.2, -0.15) is 0 Å². The van der Waals surface area contributed by atoms with Gasteiger partial charge in [-0.05, 0) is 95.9 Å². The summed E-state index contributed by atoms with van der Waals surface area (Å²) in [6.07, 6.45) is 9.80. The molecular formula is C31H47ClN4O3. The van der Waals surface area contributed by atoms with E-state index in [0.717, 1.165) is 37.8 Å². The first-order valence-electron chi connectivity index (χ1n) is 14.9. The van der Waals surface area contributed by atoms with Gasteiger partial charge >= 0.3 is 0 Å². The molecule has 3 fully saturated rings. The van der Waals surface area contributed by atoms with Gasteiger partial charge in [0.15, 0.2) is 0 Å². The van der Waals surface area contributed by atoms with Crippen molar-refractivity contribution in [1.82, 2.24) is 20.9 Å². The average molecular weight is 559 g/mol. The first-order chi connectivity index (χ1) is 18.6. The maximum absolute atomic E-state index is 13.7. The highest BCUT2D eigenvalue weighted by Crippen LogP contribution is 2.46. The average Bonchev–Trinajstić information content (AvgIpc) is 3.45. The molecule has 2 atom stereocenters. The lowest BCUT2D eigenvalue weighted by molar-refractivity contribution is -0.146. The minimum atomic E-state index is -0.407. The van der Waals surface area contributed by atoms with Crippen molar-refractivity contribution in [3.8, 4) is 0 Å². The number of amides is 3. The summed E-state index contributed by atoms with van der Waals surface area (Å²) in [6, 6.07) is 7.09. The van der Waals surface area contributed by atoms with Gasteiger partial charge in [0.2, 0.25) is 17.7 Å². The first-order valence-corrected chi connectivity index (χ1v) is 15.3. The van der Waals surface area contributed by atoms with Gasteiger partial charge < -0.3 is 20.9 Å². The number of carbonyl (C=O) groups is 3. The molecule has 0 unspecified atom stereocenters. The zero-order chi connectivity index (χ0) is 28.0. The number of piperidine rings is 1. The highest BCUT2D eigenvalue weighted by Gasteiger charge is 2.48. The van der Waals surface area contributed by atoms with E-state index in [1.165, 1.54) is 19.3 Å². The third kappa shape index (κ3) is 7.97. The van der Waals surface area contributed by atoms with Crippen molar-refractivity contribution < 1.29 is 14.4 Å². The summed E-state index contributed by atoms with van der Waals surface area (Å²) in [6.45, 7) is 8.12. The van der Waals surface area contributed by atoms with Crippen molar-refractivity contribution >= 4 is 29.3 Å². The fraction of sp³-hybridized carbons (Fsp3) is 0.710. The number of hydrogen-bond acceptors (Lipinski definition) is 4. The van der Waals surface area contributed by atoms with Gasteiger partial charge in [0.25, 0.3) is 0 Å². The molecule has 2 aliphatic heterocycles. The Bertz CT molecular complexity index is 986. The monoisotopic (exact) mass is 558 g/mol. The predicted octanol–water partition coefficient (Wildman–Crippen LogP) is 4.61. The SMILES string of the molecule is CC(C)(C)NC(=O)C1(C2CCCCC2)CCN(C(=O)C[C@@H](Cc2ccc(Cl)cc2)NC(=O)[C@@H]2CCCN2)CC1. The molecule has 7 nitrogen and oxygen atoms in total. The summed E-state index contributed by atoms with van der Waals surface area (Å²) in [5.41, 5.74) is 0.341. The van der Waals surface area contributed by atoms with E-state index in [9.17, 15) is 14.4 Å². The summed E-state index contributed by atoms with van der Waals surface area (Å²) >= 11 is 6.07. The zero-order valence-corrected chi connectivity index (χ0v) is 24.7. The van der Waals surface area contributed by atoms with Gasteiger partial charge in [-0.15, -0.1) is 0 Å². The number of rotatable bonds is 8. The lowest BCUT2D eigenvalue weighted by atomic mass is 9.63. The van der Waals surface area contributed by atoms with Crippen LogP contribution in [0.15, 0.2) is 24.3 Å². The van der Waals surface area contributed by atoms with Crippen molar-refractivity contribution in [1.29, 1.82) is 0 Å². The highest BCUT2D eigenvalue weighted by atomic mass is 35.5. The van der Waals surface area contributed by atoms with Crippen LogP contribution < -0.4 is 16.0 Å². The predicted molar refractivity (Wildman–Crippen MR) is 155 cm³/mol. The molecule has 39 heavy (non-hydrogen) atoms. The van der Waals surface area contributed by atoms with Gasteiger partial charge in [0, 0.05) is 36.1 Å². The molecule has 0 bridgehead atoms. The van der Waals surface area contributed by atoms with Crippen molar-refractivity contribution in [2.45, 2.75) is 109 Å². The van der Waals surface area contributed by atoms with E-state index in [1.807, 2.05) is 49.9 Å². The Morgan fingerprint density at radius 1 is 1.03 bits per heavy atom. The fourth-order valence-corrected chi connectivity index (χ4v) is 6.85. The largest absolute Gasteiger partial charge is 0.351 e. The zero-order valence-electron chi connectivity index (χ0n) is 24.0. The van der Waals surface area contributed by atoms with Crippen molar-refractivity contribution in [2.75, 3.05) is 19.6 Å². The molecule has 1 aromatic carbocycles. The molecule has 2 saturated heterocycles. The number of likely N-dealkylation sites (tertiary alicyclic amines) is 1. The molecular weight excluding hydrogens is 512 g/mol. The second kappa shape index (κ2) is 13.0. The summed E-state index contributed by atoms with van der Waals surface area (Å²) in [5.74, 6) is 0.544. The Hall–Kier alpha value is -2.12. The minimum absolute atomic E-state index is 0.0342. The normalized spacial score (nSPS) is 22.8. The number of carbonyl (C=O) groups excluding carboxylic acids is 3. The van der Waals surface area contributed by atoms with E-state index in [2.05, 4.69) is 16.0 Å². The van der Waals surface area contributed by atoms with Crippen molar-refractivity contribution in [2.24, 2.45) is 11.3 Å². The Balaban J connectivity index is 1.43.